The molecule has 0 atom stereocenters. The minimum Gasteiger partial charge on any atom is -0.480 e. The average molecular weight is 288 g/mol. The molecule has 0 saturated heterocycles. The Labute approximate surface area is 118 Å². The number of urea groups is 1. The van der Waals surface area contributed by atoms with Crippen molar-refractivity contribution >= 4 is 23.8 Å². The Morgan fingerprint density at radius 2 is 1.84 bits per heavy atom. The third-order valence-corrected chi connectivity index (χ3v) is 4.23. The van der Waals surface area contributed by atoms with Crippen LogP contribution in [0.1, 0.15) is 44.9 Å². The predicted octanol–water partition coefficient (Wildman–Crippen LogP) is 2.22. The first-order valence-corrected chi connectivity index (χ1v) is 8.28. The summed E-state index contributed by atoms with van der Waals surface area (Å²) >= 11 is 1.73. The summed E-state index contributed by atoms with van der Waals surface area (Å²) in [6, 6.07) is -0.356. The highest BCUT2D eigenvalue weighted by Crippen LogP contribution is 2.27. The first-order chi connectivity index (χ1) is 9.10. The van der Waals surface area contributed by atoms with Crippen molar-refractivity contribution in [3.8, 4) is 0 Å². The lowest BCUT2D eigenvalue weighted by atomic mass is 9.90. The Morgan fingerprint density at radius 3 is 2.37 bits per heavy atom. The van der Waals surface area contributed by atoms with Gasteiger partial charge < -0.3 is 15.7 Å². The number of thioether (sulfide) groups is 1. The largest absolute Gasteiger partial charge is 0.480 e. The standard InChI is InChI=1S/C13H24N2O3S/c1-19-10-6-9-14-12(18)15-13(11(16)17)7-4-2-3-5-8-13/h2-10H2,1H3,(H,16,17)(H2,14,15,18). The van der Waals surface area contributed by atoms with Crippen molar-refractivity contribution < 1.29 is 14.7 Å². The zero-order valence-corrected chi connectivity index (χ0v) is 12.4. The molecule has 0 radical (unpaired) electrons. The molecule has 2 amide bonds. The fourth-order valence-electron chi connectivity index (χ4n) is 2.40. The first-order valence-electron chi connectivity index (χ1n) is 6.89. The van der Waals surface area contributed by atoms with E-state index < -0.39 is 11.5 Å². The van der Waals surface area contributed by atoms with Crippen LogP contribution in [-0.4, -0.2) is 41.2 Å². The Morgan fingerprint density at radius 1 is 1.21 bits per heavy atom. The van der Waals surface area contributed by atoms with Gasteiger partial charge in [-0.1, -0.05) is 25.7 Å². The molecule has 1 aliphatic carbocycles. The summed E-state index contributed by atoms with van der Waals surface area (Å²) in [5.74, 6) is 0.0818. The molecule has 0 unspecified atom stereocenters. The van der Waals surface area contributed by atoms with Gasteiger partial charge in [0.1, 0.15) is 5.54 Å². The van der Waals surface area contributed by atoms with Crippen molar-refractivity contribution in [1.29, 1.82) is 0 Å². The van der Waals surface area contributed by atoms with E-state index in [9.17, 15) is 14.7 Å². The van der Waals surface area contributed by atoms with Gasteiger partial charge in [-0.25, -0.2) is 9.59 Å². The number of carbonyl (C=O) groups is 2. The summed E-state index contributed by atoms with van der Waals surface area (Å²) in [5, 5.41) is 14.9. The number of amides is 2. The lowest BCUT2D eigenvalue weighted by Gasteiger charge is -2.29. The second-order valence-corrected chi connectivity index (χ2v) is 6.01. The van der Waals surface area contributed by atoms with Crippen molar-refractivity contribution in [2.24, 2.45) is 0 Å². The maximum absolute atomic E-state index is 11.8. The topological polar surface area (TPSA) is 78.4 Å². The molecule has 0 aliphatic heterocycles. The molecule has 5 nitrogen and oxygen atoms in total. The van der Waals surface area contributed by atoms with Gasteiger partial charge in [-0.05, 0) is 31.3 Å². The average Bonchev–Trinajstić information content (AvgIpc) is 2.61. The molecule has 19 heavy (non-hydrogen) atoms. The van der Waals surface area contributed by atoms with Crippen LogP contribution in [0.25, 0.3) is 0 Å². The van der Waals surface area contributed by atoms with Gasteiger partial charge in [0.25, 0.3) is 0 Å². The molecule has 0 aromatic carbocycles. The second kappa shape index (κ2) is 8.30. The maximum atomic E-state index is 11.8. The number of carbonyl (C=O) groups excluding carboxylic acids is 1. The number of hydrogen-bond donors (Lipinski definition) is 3. The Kier molecular flexibility index (Phi) is 7.05. The van der Waals surface area contributed by atoms with E-state index >= 15 is 0 Å². The number of rotatable bonds is 6. The van der Waals surface area contributed by atoms with Gasteiger partial charge in [-0.2, -0.15) is 11.8 Å². The molecule has 0 spiro atoms. The molecule has 1 rings (SSSR count). The van der Waals surface area contributed by atoms with Crippen LogP contribution in [0.15, 0.2) is 0 Å². The van der Waals surface area contributed by atoms with Crippen LogP contribution in [-0.2, 0) is 4.79 Å². The van der Waals surface area contributed by atoms with Crippen molar-refractivity contribution in [2.75, 3.05) is 18.6 Å². The van der Waals surface area contributed by atoms with Crippen molar-refractivity contribution in [2.45, 2.75) is 50.5 Å². The van der Waals surface area contributed by atoms with Crippen LogP contribution in [0.5, 0.6) is 0 Å². The Hall–Kier alpha value is -0.910. The number of hydrogen-bond acceptors (Lipinski definition) is 3. The predicted molar refractivity (Wildman–Crippen MR) is 77.6 cm³/mol. The van der Waals surface area contributed by atoms with Crippen LogP contribution in [0.3, 0.4) is 0 Å². The van der Waals surface area contributed by atoms with Crippen LogP contribution in [0, 0.1) is 0 Å². The molecule has 1 fully saturated rings. The van der Waals surface area contributed by atoms with E-state index in [1.807, 2.05) is 6.26 Å². The van der Waals surface area contributed by atoms with Crippen LogP contribution < -0.4 is 10.6 Å². The molecule has 0 heterocycles. The SMILES string of the molecule is CSCCCNC(=O)NC1(C(=O)O)CCCCCC1. The number of aliphatic carboxylic acids is 1. The van der Waals surface area contributed by atoms with E-state index in [4.69, 9.17) is 0 Å². The zero-order valence-electron chi connectivity index (χ0n) is 11.5. The highest BCUT2D eigenvalue weighted by atomic mass is 32.2. The van der Waals surface area contributed by atoms with E-state index in [0.29, 0.717) is 19.4 Å². The third kappa shape index (κ3) is 5.30. The molecule has 1 aliphatic rings. The normalized spacial score (nSPS) is 18.4. The highest BCUT2D eigenvalue weighted by Gasteiger charge is 2.39. The fraction of sp³-hybridized carbons (Fsp3) is 0.846. The number of carboxylic acid groups (broad SMARTS) is 1. The summed E-state index contributed by atoms with van der Waals surface area (Å²) in [5.41, 5.74) is -1.07. The smallest absolute Gasteiger partial charge is 0.329 e. The van der Waals surface area contributed by atoms with Crippen LogP contribution >= 0.6 is 11.8 Å². The van der Waals surface area contributed by atoms with Gasteiger partial charge in [0.05, 0.1) is 0 Å². The van der Waals surface area contributed by atoms with Crippen molar-refractivity contribution in [3.63, 3.8) is 0 Å². The monoisotopic (exact) mass is 288 g/mol. The Bertz CT molecular complexity index is 302. The van der Waals surface area contributed by atoms with Gasteiger partial charge in [0.2, 0.25) is 0 Å². The molecule has 3 N–H and O–H groups in total. The van der Waals surface area contributed by atoms with Crippen LogP contribution in [0.4, 0.5) is 4.79 Å². The quantitative estimate of drug-likeness (QED) is 0.517. The third-order valence-electron chi connectivity index (χ3n) is 3.53. The van der Waals surface area contributed by atoms with E-state index in [1.165, 1.54) is 0 Å². The van der Waals surface area contributed by atoms with E-state index in [2.05, 4.69) is 10.6 Å². The minimum absolute atomic E-state index is 0.356. The molecule has 0 bridgehead atoms. The molecule has 110 valence electrons. The van der Waals surface area contributed by atoms with Crippen molar-refractivity contribution in [3.05, 3.63) is 0 Å². The van der Waals surface area contributed by atoms with Crippen molar-refractivity contribution in [1.82, 2.24) is 10.6 Å². The molecule has 0 aromatic heterocycles. The lowest BCUT2D eigenvalue weighted by Crippen LogP contribution is -2.57. The molecule has 6 heteroatoms. The fourth-order valence-corrected chi connectivity index (χ4v) is 2.84. The Balaban J connectivity index is 2.48. The van der Waals surface area contributed by atoms with Gasteiger partial charge in [0.15, 0.2) is 0 Å². The molecule has 1 saturated carbocycles. The van der Waals surface area contributed by atoms with Gasteiger partial charge in [-0.15, -0.1) is 0 Å². The molecular formula is C13H24N2O3S. The van der Waals surface area contributed by atoms with E-state index in [0.717, 1.165) is 37.9 Å². The van der Waals surface area contributed by atoms with Gasteiger partial charge in [-0.3, -0.25) is 0 Å². The van der Waals surface area contributed by atoms with Gasteiger partial charge >= 0.3 is 12.0 Å². The number of carboxylic acids is 1. The summed E-state index contributed by atoms with van der Waals surface area (Å²) in [6.07, 6.45) is 7.79. The highest BCUT2D eigenvalue weighted by molar-refractivity contribution is 7.98. The summed E-state index contributed by atoms with van der Waals surface area (Å²) in [7, 11) is 0. The van der Waals surface area contributed by atoms with Crippen LogP contribution in [0.2, 0.25) is 0 Å². The number of nitrogens with one attached hydrogen (secondary N) is 2. The summed E-state index contributed by atoms with van der Waals surface area (Å²) in [4.78, 5) is 23.3. The molecule has 0 aromatic rings. The zero-order chi connectivity index (χ0) is 14.1. The summed E-state index contributed by atoms with van der Waals surface area (Å²) in [6.45, 7) is 0.586. The lowest BCUT2D eigenvalue weighted by molar-refractivity contribution is -0.145. The second-order valence-electron chi connectivity index (χ2n) is 5.03. The van der Waals surface area contributed by atoms with E-state index in [-0.39, 0.29) is 6.03 Å². The van der Waals surface area contributed by atoms with E-state index in [1.54, 1.807) is 11.8 Å². The van der Waals surface area contributed by atoms with Gasteiger partial charge in [0, 0.05) is 6.54 Å². The summed E-state index contributed by atoms with van der Waals surface area (Å²) < 4.78 is 0. The minimum atomic E-state index is -1.07. The first kappa shape index (κ1) is 16.1. The maximum Gasteiger partial charge on any atom is 0.329 e. The molecular weight excluding hydrogens is 264 g/mol.